The van der Waals surface area contributed by atoms with E-state index in [9.17, 15) is 14.7 Å². The van der Waals surface area contributed by atoms with E-state index in [2.05, 4.69) is 5.32 Å². The monoisotopic (exact) mass is 316 g/mol. The van der Waals surface area contributed by atoms with E-state index in [0.29, 0.717) is 30.0 Å². The van der Waals surface area contributed by atoms with Gasteiger partial charge in [-0.25, -0.2) is 0 Å². The van der Waals surface area contributed by atoms with Crippen LogP contribution in [0.3, 0.4) is 0 Å². The van der Waals surface area contributed by atoms with Gasteiger partial charge in [-0.15, -0.1) is 0 Å². The summed E-state index contributed by atoms with van der Waals surface area (Å²) < 4.78 is 10.5. The Morgan fingerprint density at radius 3 is 2.43 bits per heavy atom. The van der Waals surface area contributed by atoms with Crippen LogP contribution < -0.4 is 19.9 Å². The molecule has 2 atom stereocenters. The number of anilines is 1. The number of carbonyl (C=O) groups is 2. The van der Waals surface area contributed by atoms with E-state index >= 15 is 0 Å². The van der Waals surface area contributed by atoms with Crippen molar-refractivity contribution in [2.75, 3.05) is 12.1 Å². The van der Waals surface area contributed by atoms with Crippen LogP contribution in [0.4, 0.5) is 5.69 Å². The highest BCUT2D eigenvalue weighted by Crippen LogP contribution is 2.36. The summed E-state index contributed by atoms with van der Waals surface area (Å²) in [4.78, 5) is 23.9. The zero-order valence-corrected chi connectivity index (χ0v) is 13.0. The number of carboxylic acids is 1. The van der Waals surface area contributed by atoms with Crippen LogP contribution in [-0.4, -0.2) is 18.7 Å². The fraction of sp³-hybridized carbons (Fsp3) is 0.412. The van der Waals surface area contributed by atoms with E-state index in [-0.39, 0.29) is 12.7 Å². The highest BCUT2D eigenvalue weighted by molar-refractivity contribution is 5.95. The first-order chi connectivity index (χ1) is 11.0. The van der Waals surface area contributed by atoms with Gasteiger partial charge in [-0.2, -0.15) is 0 Å². The molecule has 1 aliphatic heterocycles. The van der Waals surface area contributed by atoms with Crippen LogP contribution in [-0.2, 0) is 9.59 Å². The van der Waals surface area contributed by atoms with Gasteiger partial charge in [0.15, 0.2) is 11.5 Å². The minimum atomic E-state index is -1.18. The standard InChI is InChI=1S/C17H19NO5/c1-9-5-12(13(17(20)21)6-10(9)2)16(19)18-11-3-4-14-15(7-11)23-8-22-14/h3-4,7,12-13H,5-6,8H2,1-2H3,(H,18,19)(H,20,21)/p-1/t12-,13+/m1/s1. The minimum absolute atomic E-state index is 0.158. The Hall–Kier alpha value is -2.50. The van der Waals surface area contributed by atoms with Gasteiger partial charge in [-0.3, -0.25) is 4.79 Å². The Morgan fingerprint density at radius 1 is 1.09 bits per heavy atom. The molecule has 0 bridgehead atoms. The maximum atomic E-state index is 12.5. The van der Waals surface area contributed by atoms with Gasteiger partial charge < -0.3 is 24.7 Å². The summed E-state index contributed by atoms with van der Waals surface area (Å²) in [7, 11) is 0. The molecule has 122 valence electrons. The first-order valence-electron chi connectivity index (χ1n) is 7.52. The normalized spacial score (nSPS) is 22.9. The van der Waals surface area contributed by atoms with Crippen molar-refractivity contribution in [3.63, 3.8) is 0 Å². The van der Waals surface area contributed by atoms with Gasteiger partial charge in [-0.1, -0.05) is 11.1 Å². The van der Waals surface area contributed by atoms with Crippen LogP contribution in [0.1, 0.15) is 26.7 Å². The van der Waals surface area contributed by atoms with Gasteiger partial charge in [0.25, 0.3) is 0 Å². The van der Waals surface area contributed by atoms with E-state index in [4.69, 9.17) is 9.47 Å². The SMILES string of the molecule is CC1=C(C)C[C@@H](C(=O)Nc2ccc3c(c2)OCO3)[C@@H](C(=O)[O-])C1. The van der Waals surface area contributed by atoms with Crippen LogP contribution >= 0.6 is 0 Å². The van der Waals surface area contributed by atoms with Crippen LogP contribution in [0.25, 0.3) is 0 Å². The maximum Gasteiger partial charge on any atom is 0.231 e. The number of rotatable bonds is 3. The molecule has 1 aromatic rings. The Kier molecular flexibility index (Phi) is 3.98. The van der Waals surface area contributed by atoms with Gasteiger partial charge in [0.05, 0.1) is 5.92 Å². The number of carbonyl (C=O) groups excluding carboxylic acids is 2. The number of ether oxygens (including phenoxy) is 2. The number of allylic oxidation sites excluding steroid dienone is 2. The van der Waals surface area contributed by atoms with E-state index in [1.54, 1.807) is 18.2 Å². The molecule has 0 spiro atoms. The smallest absolute Gasteiger partial charge is 0.231 e. The zero-order chi connectivity index (χ0) is 16.6. The number of hydrogen-bond acceptors (Lipinski definition) is 5. The molecule has 6 nitrogen and oxygen atoms in total. The summed E-state index contributed by atoms with van der Waals surface area (Å²) in [6, 6.07) is 5.09. The predicted octanol–water partition coefficient (Wildman–Crippen LogP) is 1.47. The third kappa shape index (κ3) is 3.02. The second-order valence-electron chi connectivity index (χ2n) is 6.06. The Bertz CT molecular complexity index is 694. The number of amides is 1. The fourth-order valence-electron chi connectivity index (χ4n) is 3.02. The van der Waals surface area contributed by atoms with Crippen molar-refractivity contribution in [1.29, 1.82) is 0 Å². The Morgan fingerprint density at radius 2 is 1.74 bits per heavy atom. The Balaban J connectivity index is 1.77. The number of carboxylic acid groups (broad SMARTS) is 1. The molecule has 0 unspecified atom stereocenters. The molecule has 0 radical (unpaired) electrons. The van der Waals surface area contributed by atoms with Crippen LogP contribution in [0.2, 0.25) is 0 Å². The number of fused-ring (bicyclic) bond motifs is 1. The highest BCUT2D eigenvalue weighted by Gasteiger charge is 2.33. The average molecular weight is 316 g/mol. The van der Waals surface area contributed by atoms with Crippen molar-refractivity contribution in [2.45, 2.75) is 26.7 Å². The second-order valence-corrected chi connectivity index (χ2v) is 6.06. The van der Waals surface area contributed by atoms with Gasteiger partial charge in [0, 0.05) is 23.6 Å². The van der Waals surface area contributed by atoms with E-state index < -0.39 is 17.8 Å². The molecule has 23 heavy (non-hydrogen) atoms. The van der Waals surface area contributed by atoms with Crippen LogP contribution in [0.15, 0.2) is 29.3 Å². The first kappa shape index (κ1) is 15.4. The fourth-order valence-corrected chi connectivity index (χ4v) is 3.02. The van der Waals surface area contributed by atoms with E-state index in [0.717, 1.165) is 11.1 Å². The number of aliphatic carboxylic acids is 1. The highest BCUT2D eigenvalue weighted by atomic mass is 16.7. The Labute approximate surface area is 134 Å². The average Bonchev–Trinajstić information content (AvgIpc) is 2.96. The number of benzene rings is 1. The summed E-state index contributed by atoms with van der Waals surface area (Å²) in [5.41, 5.74) is 2.64. The van der Waals surface area contributed by atoms with Gasteiger partial charge in [-0.05, 0) is 38.8 Å². The second kappa shape index (κ2) is 5.95. The van der Waals surface area contributed by atoms with Crippen LogP contribution in [0.5, 0.6) is 11.5 Å². The summed E-state index contributed by atoms with van der Waals surface area (Å²) >= 11 is 0. The predicted molar refractivity (Wildman–Crippen MR) is 80.8 cm³/mol. The van der Waals surface area contributed by atoms with Gasteiger partial charge in [0.2, 0.25) is 12.7 Å². The molecule has 2 aliphatic rings. The summed E-state index contributed by atoms with van der Waals surface area (Å²) in [5, 5.41) is 14.2. The molecule has 0 fully saturated rings. The molecule has 0 aromatic heterocycles. The quantitative estimate of drug-likeness (QED) is 0.853. The topological polar surface area (TPSA) is 87.7 Å². The lowest BCUT2D eigenvalue weighted by atomic mass is 9.76. The largest absolute Gasteiger partial charge is 0.550 e. The lowest BCUT2D eigenvalue weighted by Crippen LogP contribution is -2.42. The van der Waals surface area contributed by atoms with Crippen molar-refractivity contribution in [3.8, 4) is 11.5 Å². The summed E-state index contributed by atoms with van der Waals surface area (Å²) in [5.74, 6) is -1.73. The lowest BCUT2D eigenvalue weighted by molar-refractivity contribution is -0.313. The zero-order valence-electron chi connectivity index (χ0n) is 13.0. The van der Waals surface area contributed by atoms with Crippen molar-refractivity contribution < 1.29 is 24.2 Å². The molecule has 0 saturated heterocycles. The summed E-state index contributed by atoms with van der Waals surface area (Å²) in [6.07, 6.45) is 0.786. The maximum absolute atomic E-state index is 12.5. The molecule has 1 N–H and O–H groups in total. The minimum Gasteiger partial charge on any atom is -0.550 e. The molecule has 1 heterocycles. The van der Waals surface area contributed by atoms with E-state index in [1.807, 2.05) is 13.8 Å². The number of hydrogen-bond donors (Lipinski definition) is 1. The molecule has 1 amide bonds. The van der Waals surface area contributed by atoms with E-state index in [1.165, 1.54) is 0 Å². The molecular weight excluding hydrogens is 298 g/mol. The van der Waals surface area contributed by atoms with Gasteiger partial charge in [0.1, 0.15) is 0 Å². The number of nitrogens with one attached hydrogen (secondary N) is 1. The van der Waals surface area contributed by atoms with Gasteiger partial charge >= 0.3 is 0 Å². The molecule has 1 aliphatic carbocycles. The molecular formula is C17H18NO5-. The molecule has 6 heteroatoms. The van der Waals surface area contributed by atoms with Crippen molar-refractivity contribution in [2.24, 2.45) is 11.8 Å². The first-order valence-corrected chi connectivity index (χ1v) is 7.52. The van der Waals surface area contributed by atoms with Crippen molar-refractivity contribution >= 4 is 17.6 Å². The molecule has 3 rings (SSSR count). The van der Waals surface area contributed by atoms with Crippen LogP contribution in [0, 0.1) is 11.8 Å². The third-order valence-corrected chi connectivity index (χ3v) is 4.55. The van der Waals surface area contributed by atoms with Crippen molar-refractivity contribution in [3.05, 3.63) is 29.3 Å². The van der Waals surface area contributed by atoms with Crippen molar-refractivity contribution in [1.82, 2.24) is 0 Å². The molecule has 1 aromatic carbocycles. The summed E-state index contributed by atoms with van der Waals surface area (Å²) in [6.45, 7) is 3.99. The lowest BCUT2D eigenvalue weighted by Gasteiger charge is -2.32. The third-order valence-electron chi connectivity index (χ3n) is 4.55. The molecule has 0 saturated carbocycles.